The summed E-state index contributed by atoms with van der Waals surface area (Å²) in [5.41, 5.74) is 0. The second-order valence-electron chi connectivity index (χ2n) is 8.99. The van der Waals surface area contributed by atoms with Gasteiger partial charge in [0.15, 0.2) is 5.96 Å². The van der Waals surface area contributed by atoms with Crippen molar-refractivity contribution < 1.29 is 9.53 Å². The number of guanidine groups is 1. The average Bonchev–Trinajstić information content (AvgIpc) is 3.52. The fourth-order valence-electron chi connectivity index (χ4n) is 4.87. The van der Waals surface area contributed by atoms with Crippen LogP contribution in [-0.4, -0.2) is 92.1 Å². The number of aliphatic imine (C=N–C) groups is 1. The first-order chi connectivity index (χ1) is 15.2. The lowest BCUT2D eigenvalue weighted by atomic mass is 9.97. The highest BCUT2D eigenvalue weighted by Crippen LogP contribution is 2.29. The molecule has 31 heavy (non-hydrogen) atoms. The zero-order chi connectivity index (χ0) is 21.6. The van der Waals surface area contributed by atoms with E-state index in [0.29, 0.717) is 12.6 Å². The molecule has 3 fully saturated rings. The van der Waals surface area contributed by atoms with E-state index >= 15 is 0 Å². The molecule has 0 bridgehead atoms. The number of thiophene rings is 1. The van der Waals surface area contributed by atoms with E-state index in [1.54, 1.807) is 0 Å². The van der Waals surface area contributed by atoms with Gasteiger partial charge in [0.1, 0.15) is 6.10 Å². The Balaban J connectivity index is 1.31. The Morgan fingerprint density at radius 3 is 2.55 bits per heavy atom. The Hall–Kier alpha value is -1.64. The molecule has 3 saturated heterocycles. The molecule has 0 radical (unpaired) electrons. The van der Waals surface area contributed by atoms with Crippen LogP contribution >= 0.6 is 11.3 Å². The van der Waals surface area contributed by atoms with Gasteiger partial charge in [-0.25, -0.2) is 0 Å². The van der Waals surface area contributed by atoms with Gasteiger partial charge in [0.2, 0.25) is 0 Å². The molecule has 0 saturated carbocycles. The van der Waals surface area contributed by atoms with Crippen LogP contribution in [0.1, 0.15) is 43.5 Å². The van der Waals surface area contributed by atoms with Crippen molar-refractivity contribution in [2.45, 2.75) is 44.8 Å². The maximum atomic E-state index is 12.6. The Morgan fingerprint density at radius 1 is 1.19 bits per heavy atom. The Kier molecular flexibility index (Phi) is 7.85. The number of hydrogen-bond donors (Lipinski definition) is 1. The van der Waals surface area contributed by atoms with Gasteiger partial charge in [-0.2, -0.15) is 0 Å². The molecular weight excluding hydrogens is 410 g/mol. The fraction of sp³-hybridized carbons (Fsp3) is 0.739. The number of amides is 1. The number of nitrogens with one attached hydrogen (secondary N) is 1. The van der Waals surface area contributed by atoms with Gasteiger partial charge in [-0.15, -0.1) is 11.3 Å². The second kappa shape index (κ2) is 10.8. The summed E-state index contributed by atoms with van der Waals surface area (Å²) in [5, 5.41) is 5.82. The predicted molar refractivity (Wildman–Crippen MR) is 126 cm³/mol. The van der Waals surface area contributed by atoms with Crippen molar-refractivity contribution in [1.82, 2.24) is 20.0 Å². The summed E-state index contributed by atoms with van der Waals surface area (Å²) in [4.78, 5) is 25.5. The molecular formula is C23H37N5O2S. The van der Waals surface area contributed by atoms with E-state index in [2.05, 4.69) is 44.5 Å². The zero-order valence-corrected chi connectivity index (χ0v) is 19.8. The van der Waals surface area contributed by atoms with E-state index in [0.717, 1.165) is 70.5 Å². The van der Waals surface area contributed by atoms with Gasteiger partial charge in [-0.1, -0.05) is 13.0 Å². The highest BCUT2D eigenvalue weighted by atomic mass is 32.1. The summed E-state index contributed by atoms with van der Waals surface area (Å²) in [5.74, 6) is 1.93. The molecule has 172 valence electrons. The average molecular weight is 448 g/mol. The van der Waals surface area contributed by atoms with Crippen molar-refractivity contribution in [1.29, 1.82) is 0 Å². The molecule has 1 amide bonds. The minimum Gasteiger partial charge on any atom is -0.368 e. The Bertz CT molecular complexity index is 718. The third kappa shape index (κ3) is 5.59. The molecule has 3 aliphatic heterocycles. The number of rotatable bonds is 5. The molecule has 4 rings (SSSR count). The van der Waals surface area contributed by atoms with E-state index in [4.69, 9.17) is 4.74 Å². The van der Waals surface area contributed by atoms with Crippen LogP contribution in [0.2, 0.25) is 0 Å². The third-order valence-corrected chi connectivity index (χ3v) is 7.87. The standard InChI is InChI=1S/C23H37N5O2S/c1-18-7-9-26(10-8-18)19(21-6-4-16-31-21)17-25-23(24-2)28-13-11-27(12-14-28)22(29)20-5-3-15-30-20/h4,6,16,18-20H,3,5,7-15,17H2,1-2H3,(H,24,25). The molecule has 0 spiro atoms. The maximum absolute atomic E-state index is 12.6. The number of carbonyl (C=O) groups excluding carboxylic acids is 1. The van der Waals surface area contributed by atoms with E-state index in [1.807, 2.05) is 23.3 Å². The van der Waals surface area contributed by atoms with E-state index in [1.165, 1.54) is 17.7 Å². The van der Waals surface area contributed by atoms with Crippen LogP contribution in [0.25, 0.3) is 0 Å². The highest BCUT2D eigenvalue weighted by molar-refractivity contribution is 7.10. The molecule has 1 aromatic rings. The maximum Gasteiger partial charge on any atom is 0.251 e. The smallest absolute Gasteiger partial charge is 0.251 e. The van der Waals surface area contributed by atoms with Crippen molar-refractivity contribution >= 4 is 23.2 Å². The molecule has 1 aromatic heterocycles. The number of carbonyl (C=O) groups is 1. The molecule has 2 atom stereocenters. The summed E-state index contributed by atoms with van der Waals surface area (Å²) >= 11 is 1.84. The van der Waals surface area contributed by atoms with Crippen molar-refractivity contribution in [3.05, 3.63) is 22.4 Å². The molecule has 8 heteroatoms. The molecule has 0 aromatic carbocycles. The highest BCUT2D eigenvalue weighted by Gasteiger charge is 2.31. The van der Waals surface area contributed by atoms with Gasteiger partial charge in [0.05, 0.1) is 6.04 Å². The monoisotopic (exact) mass is 447 g/mol. The first kappa shape index (κ1) is 22.6. The minimum absolute atomic E-state index is 0.164. The summed E-state index contributed by atoms with van der Waals surface area (Å²) in [6, 6.07) is 4.79. The minimum atomic E-state index is -0.220. The summed E-state index contributed by atoms with van der Waals surface area (Å²) in [6.07, 6.45) is 4.19. The van der Waals surface area contributed by atoms with Crippen molar-refractivity contribution in [3.63, 3.8) is 0 Å². The van der Waals surface area contributed by atoms with Crippen LogP contribution in [0.3, 0.4) is 0 Å². The summed E-state index contributed by atoms with van der Waals surface area (Å²) in [6.45, 7) is 9.34. The van der Waals surface area contributed by atoms with Crippen molar-refractivity contribution in [2.75, 3.05) is 59.5 Å². The number of nitrogens with zero attached hydrogens (tertiary/aromatic N) is 4. The lowest BCUT2D eigenvalue weighted by Crippen LogP contribution is -2.56. The van der Waals surface area contributed by atoms with Crippen LogP contribution in [-0.2, 0) is 9.53 Å². The number of likely N-dealkylation sites (tertiary alicyclic amines) is 1. The number of ether oxygens (including phenoxy) is 1. The predicted octanol–water partition coefficient (Wildman–Crippen LogP) is 2.42. The van der Waals surface area contributed by atoms with Gasteiger partial charge < -0.3 is 19.9 Å². The van der Waals surface area contributed by atoms with Crippen LogP contribution < -0.4 is 5.32 Å². The number of hydrogen-bond acceptors (Lipinski definition) is 5. The fourth-order valence-corrected chi connectivity index (χ4v) is 5.73. The molecule has 1 N–H and O–H groups in total. The second-order valence-corrected chi connectivity index (χ2v) is 9.97. The van der Waals surface area contributed by atoms with E-state index < -0.39 is 0 Å². The van der Waals surface area contributed by atoms with Crippen LogP contribution in [0.15, 0.2) is 22.5 Å². The Labute approximate surface area is 190 Å². The van der Waals surface area contributed by atoms with E-state index in [-0.39, 0.29) is 12.0 Å². The number of piperazine rings is 1. The quantitative estimate of drug-likeness (QED) is 0.555. The first-order valence-electron chi connectivity index (χ1n) is 11.8. The Morgan fingerprint density at radius 2 is 1.94 bits per heavy atom. The normalized spacial score (nSPS) is 25.1. The summed E-state index contributed by atoms with van der Waals surface area (Å²) < 4.78 is 5.58. The third-order valence-electron chi connectivity index (χ3n) is 6.89. The summed E-state index contributed by atoms with van der Waals surface area (Å²) in [7, 11) is 1.86. The lowest BCUT2D eigenvalue weighted by Gasteiger charge is -2.39. The molecule has 0 aliphatic carbocycles. The SMILES string of the molecule is CN=C(NCC(c1cccs1)N1CCC(C)CC1)N1CCN(C(=O)C2CCCO2)CC1. The van der Waals surface area contributed by atoms with Gasteiger partial charge in [0, 0.05) is 51.3 Å². The van der Waals surface area contributed by atoms with Gasteiger partial charge >= 0.3 is 0 Å². The number of piperidine rings is 1. The molecule has 3 aliphatic rings. The van der Waals surface area contributed by atoms with Crippen molar-refractivity contribution in [3.8, 4) is 0 Å². The van der Waals surface area contributed by atoms with Gasteiger partial charge in [0.25, 0.3) is 5.91 Å². The largest absolute Gasteiger partial charge is 0.368 e. The van der Waals surface area contributed by atoms with Crippen LogP contribution in [0.4, 0.5) is 0 Å². The van der Waals surface area contributed by atoms with Gasteiger partial charge in [-0.05, 0) is 56.1 Å². The topological polar surface area (TPSA) is 60.4 Å². The molecule has 7 nitrogen and oxygen atoms in total. The lowest BCUT2D eigenvalue weighted by molar-refractivity contribution is -0.142. The van der Waals surface area contributed by atoms with Gasteiger partial charge in [-0.3, -0.25) is 14.7 Å². The zero-order valence-electron chi connectivity index (χ0n) is 19.0. The van der Waals surface area contributed by atoms with Crippen LogP contribution in [0.5, 0.6) is 0 Å². The van der Waals surface area contributed by atoms with Crippen LogP contribution in [0, 0.1) is 5.92 Å². The molecule has 4 heterocycles. The first-order valence-corrected chi connectivity index (χ1v) is 12.7. The molecule has 2 unspecified atom stereocenters. The van der Waals surface area contributed by atoms with E-state index in [9.17, 15) is 4.79 Å². The van der Waals surface area contributed by atoms with Crippen molar-refractivity contribution in [2.24, 2.45) is 10.9 Å².